The van der Waals surface area contributed by atoms with E-state index in [2.05, 4.69) is 60.2 Å². The molecule has 1 atom stereocenters. The molecule has 0 radical (unpaired) electrons. The lowest BCUT2D eigenvalue weighted by atomic mass is 9.92. The summed E-state index contributed by atoms with van der Waals surface area (Å²) in [5.74, 6) is -0.447. The van der Waals surface area contributed by atoms with Gasteiger partial charge in [0.05, 0.1) is 5.60 Å². The summed E-state index contributed by atoms with van der Waals surface area (Å²) in [6, 6.07) is 20.7. The average Bonchev–Trinajstić information content (AvgIpc) is 3.19. The predicted molar refractivity (Wildman–Crippen MR) is 144 cm³/mol. The lowest BCUT2D eigenvalue weighted by Crippen LogP contribution is -2.28. The van der Waals surface area contributed by atoms with Gasteiger partial charge in [-0.2, -0.15) is 0 Å². The van der Waals surface area contributed by atoms with E-state index in [0.717, 1.165) is 33.4 Å². The summed E-state index contributed by atoms with van der Waals surface area (Å²) >= 11 is 1.63. The maximum Gasteiger partial charge on any atom is 0.349 e. The van der Waals surface area contributed by atoms with E-state index in [-0.39, 0.29) is 0 Å². The maximum atomic E-state index is 13.0. The smallest absolute Gasteiger partial charge is 0.349 e. The van der Waals surface area contributed by atoms with E-state index in [1.54, 1.807) is 23.0 Å². The van der Waals surface area contributed by atoms with Crippen LogP contribution >= 0.6 is 23.0 Å². The first-order valence-electron chi connectivity index (χ1n) is 11.3. The molecule has 4 rings (SSSR count). The molecule has 5 nitrogen and oxygen atoms in total. The van der Waals surface area contributed by atoms with Crippen molar-refractivity contribution in [1.29, 1.82) is 0 Å². The highest BCUT2D eigenvalue weighted by Gasteiger charge is 2.34. The Morgan fingerprint density at radius 1 is 1.03 bits per heavy atom. The first kappa shape index (κ1) is 24.4. The number of carbonyl (C=O) groups is 1. The molecule has 0 bridgehead atoms. The third-order valence-corrected chi connectivity index (χ3v) is 6.13. The summed E-state index contributed by atoms with van der Waals surface area (Å²) in [4.78, 5) is 18.0. The minimum Gasteiger partial charge on any atom is -0.392 e. The number of benzene rings is 2. The third kappa shape index (κ3) is 5.18. The minimum atomic E-state index is -0.900. The second-order valence-corrected chi connectivity index (χ2v) is 9.97. The molecule has 176 valence electrons. The van der Waals surface area contributed by atoms with Gasteiger partial charge in [-0.15, -0.1) is 0 Å². The van der Waals surface area contributed by atoms with Crippen molar-refractivity contribution in [1.82, 2.24) is 9.55 Å². The SMILES string of the molecule is Cc1ccc(-c2c(C(OC(C)(C)C)C(=O)OI)c(C)nc3c2ccn3Cc2ccccc2)cc1. The Morgan fingerprint density at radius 2 is 1.71 bits per heavy atom. The van der Waals surface area contributed by atoms with E-state index in [9.17, 15) is 4.79 Å². The summed E-state index contributed by atoms with van der Waals surface area (Å²) in [6.45, 7) is 10.5. The van der Waals surface area contributed by atoms with Crippen LogP contribution in [-0.2, 0) is 19.1 Å². The van der Waals surface area contributed by atoms with Crippen LogP contribution in [-0.4, -0.2) is 21.1 Å². The lowest BCUT2D eigenvalue weighted by Gasteiger charge is -2.28. The molecule has 0 saturated carbocycles. The zero-order valence-electron chi connectivity index (χ0n) is 20.1. The van der Waals surface area contributed by atoms with Crippen LogP contribution in [0.5, 0.6) is 0 Å². The quantitative estimate of drug-likeness (QED) is 0.233. The van der Waals surface area contributed by atoms with Gasteiger partial charge in [0, 0.05) is 34.9 Å². The summed E-state index contributed by atoms with van der Waals surface area (Å²) in [7, 11) is 0. The van der Waals surface area contributed by atoms with Gasteiger partial charge in [0.2, 0.25) is 0 Å². The number of halogens is 1. The molecule has 0 fully saturated rings. The summed E-state index contributed by atoms with van der Waals surface area (Å²) in [5, 5.41) is 0.976. The number of pyridine rings is 1. The summed E-state index contributed by atoms with van der Waals surface area (Å²) < 4.78 is 13.6. The fourth-order valence-corrected chi connectivity index (χ4v) is 4.44. The molecule has 0 aliphatic carbocycles. The van der Waals surface area contributed by atoms with E-state index < -0.39 is 17.7 Å². The minimum absolute atomic E-state index is 0.447. The molecule has 0 amide bonds. The molecule has 2 aromatic carbocycles. The highest BCUT2D eigenvalue weighted by Crippen LogP contribution is 2.40. The van der Waals surface area contributed by atoms with Crippen molar-refractivity contribution in [2.45, 2.75) is 52.9 Å². The van der Waals surface area contributed by atoms with E-state index in [1.165, 1.54) is 11.1 Å². The topological polar surface area (TPSA) is 53.4 Å². The van der Waals surface area contributed by atoms with Crippen molar-refractivity contribution in [2.75, 3.05) is 0 Å². The highest BCUT2D eigenvalue weighted by atomic mass is 127. The van der Waals surface area contributed by atoms with Crippen LogP contribution in [0.25, 0.3) is 22.2 Å². The molecule has 4 aromatic rings. The zero-order chi connectivity index (χ0) is 24.5. The van der Waals surface area contributed by atoms with Gasteiger partial charge in [0.25, 0.3) is 0 Å². The Balaban J connectivity index is 1.98. The fraction of sp³-hybridized carbons (Fsp3) is 0.286. The van der Waals surface area contributed by atoms with Gasteiger partial charge in [-0.25, -0.2) is 9.78 Å². The number of aryl methyl sites for hydroxylation is 2. The number of carbonyl (C=O) groups excluding carboxylic acids is 1. The molecule has 0 aliphatic heterocycles. The number of hydrogen-bond donors (Lipinski definition) is 0. The maximum absolute atomic E-state index is 13.0. The summed E-state index contributed by atoms with van der Waals surface area (Å²) in [6.07, 6.45) is 1.16. The largest absolute Gasteiger partial charge is 0.392 e. The van der Waals surface area contributed by atoms with Crippen molar-refractivity contribution in [3.63, 3.8) is 0 Å². The predicted octanol–water partition coefficient (Wildman–Crippen LogP) is 7.12. The number of nitrogens with zero attached hydrogens (tertiary/aromatic N) is 2. The van der Waals surface area contributed by atoms with Crippen LogP contribution in [0.4, 0.5) is 0 Å². The van der Waals surface area contributed by atoms with Crippen LogP contribution in [0.15, 0.2) is 66.9 Å². The Morgan fingerprint density at radius 3 is 2.32 bits per heavy atom. The molecule has 0 aliphatic rings. The van der Waals surface area contributed by atoms with E-state index in [0.29, 0.717) is 6.54 Å². The van der Waals surface area contributed by atoms with Gasteiger partial charge >= 0.3 is 5.97 Å². The van der Waals surface area contributed by atoms with Crippen LogP contribution in [0.1, 0.15) is 49.3 Å². The molecule has 34 heavy (non-hydrogen) atoms. The van der Waals surface area contributed by atoms with Gasteiger partial charge in [-0.1, -0.05) is 60.2 Å². The van der Waals surface area contributed by atoms with Gasteiger partial charge in [0.1, 0.15) is 5.65 Å². The Kier molecular flexibility index (Phi) is 7.09. The van der Waals surface area contributed by atoms with Gasteiger partial charge in [0.15, 0.2) is 29.1 Å². The zero-order valence-corrected chi connectivity index (χ0v) is 22.3. The molecular weight excluding hydrogens is 539 g/mol. The molecule has 2 heterocycles. The first-order chi connectivity index (χ1) is 16.2. The Labute approximate surface area is 214 Å². The van der Waals surface area contributed by atoms with Crippen LogP contribution in [0.2, 0.25) is 0 Å². The third-order valence-electron chi connectivity index (χ3n) is 5.70. The molecule has 0 saturated heterocycles. The van der Waals surface area contributed by atoms with E-state index >= 15 is 0 Å². The molecule has 0 spiro atoms. The second kappa shape index (κ2) is 9.88. The number of aromatic nitrogens is 2. The second-order valence-electron chi connectivity index (χ2n) is 9.52. The standard InChI is InChI=1S/C28H29IN2O3/c1-18-11-13-21(14-12-18)24-22-15-16-31(17-20-9-7-6-8-10-20)26(22)30-19(2)23(24)25(27(32)34-29)33-28(3,4)5/h6-16,25H,17H2,1-5H3. The van der Waals surface area contributed by atoms with Crippen molar-refractivity contribution in [3.05, 3.63) is 89.2 Å². The van der Waals surface area contributed by atoms with Crippen molar-refractivity contribution in [3.8, 4) is 11.1 Å². The molecule has 1 unspecified atom stereocenters. The number of ether oxygens (including phenoxy) is 1. The molecule has 6 heteroatoms. The van der Waals surface area contributed by atoms with Crippen LogP contribution in [0, 0.1) is 13.8 Å². The van der Waals surface area contributed by atoms with Crippen molar-refractivity contribution >= 4 is 40.0 Å². The Hall–Kier alpha value is -2.71. The van der Waals surface area contributed by atoms with Gasteiger partial charge < -0.3 is 12.4 Å². The van der Waals surface area contributed by atoms with Gasteiger partial charge in [-0.3, -0.25) is 0 Å². The van der Waals surface area contributed by atoms with Crippen LogP contribution in [0.3, 0.4) is 0 Å². The number of rotatable bonds is 6. The monoisotopic (exact) mass is 568 g/mol. The van der Waals surface area contributed by atoms with Crippen molar-refractivity contribution < 1.29 is 12.6 Å². The van der Waals surface area contributed by atoms with E-state index in [4.69, 9.17) is 12.8 Å². The van der Waals surface area contributed by atoms with Crippen molar-refractivity contribution in [2.24, 2.45) is 0 Å². The normalized spacial score (nSPS) is 12.6. The first-order valence-corrected chi connectivity index (χ1v) is 12.2. The average molecular weight is 568 g/mol. The highest BCUT2D eigenvalue weighted by molar-refractivity contribution is 14.1. The molecular formula is C28H29IN2O3. The Bertz CT molecular complexity index is 1310. The van der Waals surface area contributed by atoms with Crippen LogP contribution < -0.4 is 0 Å². The lowest BCUT2D eigenvalue weighted by molar-refractivity contribution is -0.154. The number of fused-ring (bicyclic) bond motifs is 1. The molecule has 2 aromatic heterocycles. The van der Waals surface area contributed by atoms with E-state index in [1.807, 2.05) is 45.9 Å². The summed E-state index contributed by atoms with van der Waals surface area (Å²) in [5.41, 5.74) is 6.13. The van der Waals surface area contributed by atoms with Gasteiger partial charge in [-0.05, 0) is 51.8 Å². The molecule has 0 N–H and O–H groups in total. The number of hydrogen-bond acceptors (Lipinski definition) is 4. The fourth-order valence-electron chi connectivity index (χ4n) is 4.21.